The molecule has 3 atom stereocenters. The zero-order valence-corrected chi connectivity index (χ0v) is 15.3. The molecule has 26 heavy (non-hydrogen) atoms. The zero-order chi connectivity index (χ0) is 18.5. The van der Waals surface area contributed by atoms with Crippen molar-refractivity contribution in [2.75, 3.05) is 20.8 Å². The largest absolute Gasteiger partial charge is 0.497 e. The van der Waals surface area contributed by atoms with Crippen LogP contribution in [0.4, 0.5) is 0 Å². The molecular weight excluding hydrogens is 332 g/mol. The molecule has 1 heterocycles. The maximum atomic E-state index is 11.5. The Morgan fingerprint density at radius 3 is 1.96 bits per heavy atom. The number of esters is 1. The minimum atomic E-state index is -0.296. The molecule has 1 aliphatic heterocycles. The van der Waals surface area contributed by atoms with Gasteiger partial charge in [0.15, 0.2) is 0 Å². The van der Waals surface area contributed by atoms with Gasteiger partial charge in [-0.3, -0.25) is 4.79 Å². The number of rotatable bonds is 5. The number of hydrogen-bond acceptors (Lipinski definition) is 5. The van der Waals surface area contributed by atoms with Crippen LogP contribution in [-0.4, -0.2) is 32.9 Å². The lowest BCUT2D eigenvalue weighted by Gasteiger charge is -2.36. The Kier molecular flexibility index (Phi) is 5.78. The van der Waals surface area contributed by atoms with Gasteiger partial charge in [-0.2, -0.15) is 0 Å². The molecule has 0 bridgehead atoms. The van der Waals surface area contributed by atoms with E-state index in [-0.39, 0.29) is 24.1 Å². The van der Waals surface area contributed by atoms with E-state index in [1.165, 1.54) is 6.92 Å². The molecule has 2 aromatic carbocycles. The van der Waals surface area contributed by atoms with Gasteiger partial charge < -0.3 is 18.9 Å². The fourth-order valence-corrected chi connectivity index (χ4v) is 3.36. The molecule has 0 spiro atoms. The SMILES string of the molecule is COc1ccc([C@H]2C[C@@H](c3ccc(OC)cc3)[C@H](OC(C)=O)CO2)cc1. The second kappa shape index (κ2) is 8.23. The van der Waals surface area contributed by atoms with Crippen LogP contribution in [0.1, 0.15) is 36.5 Å². The maximum Gasteiger partial charge on any atom is 0.303 e. The molecule has 1 saturated heterocycles. The summed E-state index contributed by atoms with van der Waals surface area (Å²) in [6.45, 7) is 1.80. The predicted octanol–water partition coefficient (Wildman–Crippen LogP) is 3.88. The number of carbonyl (C=O) groups is 1. The molecule has 3 rings (SSSR count). The van der Waals surface area contributed by atoms with E-state index in [4.69, 9.17) is 18.9 Å². The Balaban J connectivity index is 1.83. The fraction of sp³-hybridized carbons (Fsp3) is 0.381. The van der Waals surface area contributed by atoms with Crippen molar-refractivity contribution in [2.45, 2.75) is 31.5 Å². The summed E-state index contributed by atoms with van der Waals surface area (Å²) in [6.07, 6.45) is 0.381. The number of carbonyl (C=O) groups excluding carboxylic acids is 1. The monoisotopic (exact) mass is 356 g/mol. The fourth-order valence-electron chi connectivity index (χ4n) is 3.36. The zero-order valence-electron chi connectivity index (χ0n) is 15.3. The van der Waals surface area contributed by atoms with Gasteiger partial charge in [0.05, 0.1) is 26.9 Å². The van der Waals surface area contributed by atoms with Crippen LogP contribution in [0, 0.1) is 0 Å². The maximum absolute atomic E-state index is 11.5. The molecule has 0 unspecified atom stereocenters. The van der Waals surface area contributed by atoms with Gasteiger partial charge in [-0.1, -0.05) is 24.3 Å². The van der Waals surface area contributed by atoms with Gasteiger partial charge in [0.2, 0.25) is 0 Å². The molecule has 0 aromatic heterocycles. The van der Waals surface area contributed by atoms with Crippen molar-refractivity contribution in [1.82, 2.24) is 0 Å². The number of methoxy groups -OCH3 is 2. The lowest BCUT2D eigenvalue weighted by molar-refractivity contribution is -0.158. The van der Waals surface area contributed by atoms with Crippen molar-refractivity contribution in [1.29, 1.82) is 0 Å². The summed E-state index contributed by atoms with van der Waals surface area (Å²) in [5.41, 5.74) is 2.20. The molecule has 2 aromatic rings. The highest BCUT2D eigenvalue weighted by Crippen LogP contribution is 2.39. The topological polar surface area (TPSA) is 54.0 Å². The third-order valence-corrected chi connectivity index (χ3v) is 4.73. The summed E-state index contributed by atoms with van der Waals surface area (Å²) in [5.74, 6) is 1.39. The smallest absolute Gasteiger partial charge is 0.303 e. The highest BCUT2D eigenvalue weighted by molar-refractivity contribution is 5.66. The van der Waals surface area contributed by atoms with Crippen molar-refractivity contribution < 1.29 is 23.7 Å². The Morgan fingerprint density at radius 2 is 1.46 bits per heavy atom. The minimum Gasteiger partial charge on any atom is -0.497 e. The minimum absolute atomic E-state index is 0.0557. The molecule has 5 nitrogen and oxygen atoms in total. The lowest BCUT2D eigenvalue weighted by atomic mass is 9.84. The molecule has 0 aliphatic carbocycles. The van der Waals surface area contributed by atoms with Gasteiger partial charge in [-0.25, -0.2) is 0 Å². The summed E-state index contributed by atoms with van der Waals surface area (Å²) in [4.78, 5) is 11.5. The van der Waals surface area contributed by atoms with Crippen LogP contribution in [0.2, 0.25) is 0 Å². The highest BCUT2D eigenvalue weighted by Gasteiger charge is 2.35. The Morgan fingerprint density at radius 1 is 0.923 bits per heavy atom. The lowest BCUT2D eigenvalue weighted by Crippen LogP contribution is -2.36. The predicted molar refractivity (Wildman–Crippen MR) is 97.6 cm³/mol. The summed E-state index contributed by atoms with van der Waals surface area (Å²) in [5, 5.41) is 0. The quantitative estimate of drug-likeness (QED) is 0.761. The third kappa shape index (κ3) is 4.17. The van der Waals surface area contributed by atoms with Gasteiger partial charge in [0.1, 0.15) is 17.6 Å². The average Bonchev–Trinajstić information content (AvgIpc) is 2.68. The van der Waals surface area contributed by atoms with Gasteiger partial charge >= 0.3 is 5.97 Å². The van der Waals surface area contributed by atoms with E-state index in [0.717, 1.165) is 29.0 Å². The molecule has 1 fully saturated rings. The van der Waals surface area contributed by atoms with E-state index in [1.807, 2.05) is 48.5 Å². The number of ether oxygens (including phenoxy) is 4. The second-order valence-electron chi connectivity index (χ2n) is 6.36. The van der Waals surface area contributed by atoms with Crippen molar-refractivity contribution in [2.24, 2.45) is 0 Å². The number of hydrogen-bond donors (Lipinski definition) is 0. The van der Waals surface area contributed by atoms with E-state index >= 15 is 0 Å². The molecule has 5 heteroatoms. The summed E-state index contributed by atoms with van der Waals surface area (Å²) in [6, 6.07) is 15.8. The molecule has 0 amide bonds. The molecule has 0 N–H and O–H groups in total. The highest BCUT2D eigenvalue weighted by atomic mass is 16.6. The Bertz CT molecular complexity index is 723. The van der Waals surface area contributed by atoms with Crippen molar-refractivity contribution >= 4 is 5.97 Å². The van der Waals surface area contributed by atoms with Crippen LogP contribution in [-0.2, 0) is 14.3 Å². The summed E-state index contributed by atoms with van der Waals surface area (Å²) < 4.78 is 22.0. The van der Waals surface area contributed by atoms with Crippen LogP contribution in [0.3, 0.4) is 0 Å². The van der Waals surface area contributed by atoms with Gasteiger partial charge in [-0.05, 0) is 41.8 Å². The first-order valence-corrected chi connectivity index (χ1v) is 8.67. The first-order chi connectivity index (χ1) is 12.6. The standard InChI is InChI=1S/C21H24O5/c1-14(22)26-21-13-25-20(16-6-10-18(24-3)11-7-16)12-19(21)15-4-8-17(23-2)9-5-15/h4-11,19-21H,12-13H2,1-3H3/t19-,20+,21+/m0/s1. The van der Waals surface area contributed by atoms with E-state index in [9.17, 15) is 4.79 Å². The van der Waals surface area contributed by atoms with Crippen LogP contribution >= 0.6 is 0 Å². The van der Waals surface area contributed by atoms with Crippen LogP contribution in [0.25, 0.3) is 0 Å². The normalized spacial score (nSPS) is 22.5. The molecule has 0 saturated carbocycles. The van der Waals surface area contributed by atoms with Gasteiger partial charge in [-0.15, -0.1) is 0 Å². The second-order valence-corrected chi connectivity index (χ2v) is 6.36. The van der Waals surface area contributed by atoms with Crippen LogP contribution in [0.5, 0.6) is 11.5 Å². The van der Waals surface area contributed by atoms with E-state index < -0.39 is 0 Å². The Hall–Kier alpha value is -2.53. The van der Waals surface area contributed by atoms with Crippen molar-refractivity contribution in [3.63, 3.8) is 0 Å². The third-order valence-electron chi connectivity index (χ3n) is 4.73. The van der Waals surface area contributed by atoms with Gasteiger partial charge in [0.25, 0.3) is 0 Å². The molecule has 0 radical (unpaired) electrons. The average molecular weight is 356 g/mol. The molecular formula is C21H24O5. The van der Waals surface area contributed by atoms with E-state index in [1.54, 1.807) is 14.2 Å². The van der Waals surface area contributed by atoms with E-state index in [2.05, 4.69) is 0 Å². The summed E-state index contributed by atoms with van der Waals surface area (Å²) in [7, 11) is 3.29. The first kappa shape index (κ1) is 18.3. The van der Waals surface area contributed by atoms with Crippen LogP contribution in [0.15, 0.2) is 48.5 Å². The van der Waals surface area contributed by atoms with E-state index in [0.29, 0.717) is 6.61 Å². The van der Waals surface area contributed by atoms with Crippen LogP contribution < -0.4 is 9.47 Å². The molecule has 138 valence electrons. The first-order valence-electron chi connectivity index (χ1n) is 8.67. The van der Waals surface area contributed by atoms with Gasteiger partial charge in [0, 0.05) is 12.8 Å². The number of benzene rings is 2. The van der Waals surface area contributed by atoms with Crippen molar-refractivity contribution in [3.05, 3.63) is 59.7 Å². The Labute approximate surface area is 153 Å². The molecule has 1 aliphatic rings. The van der Waals surface area contributed by atoms with Crippen molar-refractivity contribution in [3.8, 4) is 11.5 Å². The summed E-state index contributed by atoms with van der Waals surface area (Å²) >= 11 is 0.